The third-order valence-corrected chi connectivity index (χ3v) is 10.2. The van der Waals surface area contributed by atoms with Crippen LogP contribution in [0.1, 0.15) is 37.3 Å². The number of para-hydroxylation sites is 1. The number of fused-ring (bicyclic) bond motifs is 8. The van der Waals surface area contributed by atoms with Crippen LogP contribution >= 0.6 is 0 Å². The summed E-state index contributed by atoms with van der Waals surface area (Å²) in [6, 6.07) is 35.9. The molecule has 0 radical (unpaired) electrons. The summed E-state index contributed by atoms with van der Waals surface area (Å²) in [6.07, 6.45) is 0. The molecule has 8 aromatic carbocycles. The van der Waals surface area contributed by atoms with E-state index < -0.39 is 54.4 Å². The number of hydrogen-bond acceptors (Lipinski definition) is 2. The van der Waals surface area contributed by atoms with Gasteiger partial charge in [0.2, 0.25) is 0 Å². The van der Waals surface area contributed by atoms with Crippen molar-refractivity contribution >= 4 is 49.8 Å². The standard InChI is InChI=1S/C49H35NO/c1-49(2)43-22-12-11-18-38(43)39-29-28-36(30-44(39)49)50(35-16-7-4-8-17-35)45-31-42-47-37(34-26-24-33(25-27-34)32-14-5-3-6-15-32)21-13-23-46(47)51-48(42)41-20-10-9-19-40(41)45/h3-31H,1-2H3/i3D,5D,6D,14D,15D,24D,25D,26D,27D. The van der Waals surface area contributed by atoms with Gasteiger partial charge in [-0.1, -0.05) is 153 Å². The summed E-state index contributed by atoms with van der Waals surface area (Å²) < 4.78 is 85.1. The summed E-state index contributed by atoms with van der Waals surface area (Å²) in [5, 5.41) is 3.08. The van der Waals surface area contributed by atoms with E-state index in [4.69, 9.17) is 14.0 Å². The van der Waals surface area contributed by atoms with E-state index in [0.717, 1.165) is 27.8 Å². The molecule has 0 saturated carbocycles. The van der Waals surface area contributed by atoms with Crippen LogP contribution in [0.15, 0.2) is 180 Å². The van der Waals surface area contributed by atoms with Gasteiger partial charge in [-0.15, -0.1) is 0 Å². The third-order valence-electron chi connectivity index (χ3n) is 10.2. The van der Waals surface area contributed by atoms with E-state index in [1.54, 1.807) is 12.1 Å². The van der Waals surface area contributed by atoms with Crippen LogP contribution in [0, 0.1) is 0 Å². The second-order valence-electron chi connectivity index (χ2n) is 13.4. The predicted molar refractivity (Wildman–Crippen MR) is 214 cm³/mol. The lowest BCUT2D eigenvalue weighted by Crippen LogP contribution is -2.16. The zero-order valence-corrected chi connectivity index (χ0v) is 27.9. The van der Waals surface area contributed by atoms with Gasteiger partial charge >= 0.3 is 0 Å². The molecule has 10 rings (SSSR count). The number of furan rings is 1. The van der Waals surface area contributed by atoms with Gasteiger partial charge in [0.1, 0.15) is 11.2 Å². The fourth-order valence-electron chi connectivity index (χ4n) is 7.81. The molecule has 1 aliphatic rings. The first-order valence-corrected chi connectivity index (χ1v) is 17.0. The van der Waals surface area contributed by atoms with Crippen molar-refractivity contribution in [3.63, 3.8) is 0 Å². The molecule has 0 atom stereocenters. The molecule has 0 bridgehead atoms. The van der Waals surface area contributed by atoms with Gasteiger partial charge in [0.15, 0.2) is 0 Å². The van der Waals surface area contributed by atoms with Crippen molar-refractivity contribution in [1.82, 2.24) is 0 Å². The smallest absolute Gasteiger partial charge is 0.143 e. The fraction of sp³-hybridized carbons (Fsp3) is 0.0612. The van der Waals surface area contributed by atoms with Crippen LogP contribution < -0.4 is 4.90 Å². The predicted octanol–water partition coefficient (Wildman–Crippen LogP) is 13.8. The number of anilines is 3. The Morgan fingerprint density at radius 3 is 2.00 bits per heavy atom. The second kappa shape index (κ2) is 11.3. The lowest BCUT2D eigenvalue weighted by Gasteiger charge is -2.29. The minimum Gasteiger partial charge on any atom is -0.455 e. The number of benzene rings is 8. The van der Waals surface area contributed by atoms with Crippen LogP contribution in [-0.2, 0) is 5.41 Å². The Balaban J connectivity index is 1.25. The Morgan fingerprint density at radius 1 is 0.510 bits per heavy atom. The molecule has 0 aliphatic heterocycles. The van der Waals surface area contributed by atoms with Gasteiger partial charge < -0.3 is 9.32 Å². The number of rotatable bonds is 5. The summed E-state index contributed by atoms with van der Waals surface area (Å²) in [6.45, 7) is 4.52. The number of hydrogen-bond donors (Lipinski definition) is 0. The molecule has 51 heavy (non-hydrogen) atoms. The van der Waals surface area contributed by atoms with Crippen molar-refractivity contribution in [1.29, 1.82) is 0 Å². The zero-order valence-electron chi connectivity index (χ0n) is 36.9. The maximum absolute atomic E-state index is 9.31. The third kappa shape index (κ3) is 4.57. The highest BCUT2D eigenvalue weighted by Gasteiger charge is 2.36. The van der Waals surface area contributed by atoms with Crippen LogP contribution in [0.25, 0.3) is 66.1 Å². The van der Waals surface area contributed by atoms with Gasteiger partial charge in [0.25, 0.3) is 0 Å². The van der Waals surface area contributed by atoms with Crippen molar-refractivity contribution in [2.75, 3.05) is 4.90 Å². The first-order valence-electron chi connectivity index (χ1n) is 21.5. The van der Waals surface area contributed by atoms with Crippen molar-refractivity contribution in [3.8, 4) is 33.4 Å². The maximum Gasteiger partial charge on any atom is 0.143 e. The average molecular weight is 663 g/mol. The lowest BCUT2D eigenvalue weighted by molar-refractivity contribution is 0.660. The monoisotopic (exact) mass is 662 g/mol. The molecule has 2 nitrogen and oxygen atoms in total. The lowest BCUT2D eigenvalue weighted by atomic mass is 9.82. The van der Waals surface area contributed by atoms with Crippen molar-refractivity contribution in [3.05, 3.63) is 187 Å². The van der Waals surface area contributed by atoms with Gasteiger partial charge in [-0.3, -0.25) is 0 Å². The van der Waals surface area contributed by atoms with Crippen molar-refractivity contribution in [2.45, 2.75) is 19.3 Å². The van der Waals surface area contributed by atoms with Crippen LogP contribution in [0.2, 0.25) is 0 Å². The summed E-state index contributed by atoms with van der Waals surface area (Å²) >= 11 is 0. The first-order chi connectivity index (χ1) is 28.8. The minimum absolute atomic E-state index is 0.00413. The van der Waals surface area contributed by atoms with Crippen LogP contribution in [0.4, 0.5) is 17.1 Å². The normalized spacial score (nSPS) is 15.5. The maximum atomic E-state index is 9.31. The molecule has 2 heteroatoms. The Hall–Kier alpha value is -6.38. The molecule has 1 aliphatic carbocycles. The molecule has 0 unspecified atom stereocenters. The van der Waals surface area contributed by atoms with E-state index >= 15 is 0 Å². The van der Waals surface area contributed by atoms with E-state index in [1.807, 2.05) is 42.5 Å². The van der Waals surface area contributed by atoms with Crippen LogP contribution in [0.5, 0.6) is 0 Å². The van der Waals surface area contributed by atoms with Gasteiger partial charge in [-0.25, -0.2) is 0 Å². The van der Waals surface area contributed by atoms with Crippen LogP contribution in [-0.4, -0.2) is 0 Å². The summed E-state index contributed by atoms with van der Waals surface area (Å²) in [7, 11) is 0. The Kier molecular flexibility index (Phi) is 4.81. The fourth-order valence-corrected chi connectivity index (χ4v) is 7.81. The second-order valence-corrected chi connectivity index (χ2v) is 13.4. The Bertz CT molecular complexity index is 3240. The van der Waals surface area contributed by atoms with E-state index in [9.17, 15) is 2.74 Å². The molecule has 0 N–H and O–H groups in total. The van der Waals surface area contributed by atoms with Gasteiger partial charge in [-0.2, -0.15) is 0 Å². The van der Waals surface area contributed by atoms with E-state index in [-0.39, 0.29) is 22.1 Å². The average Bonchev–Trinajstić information content (AvgIpc) is 3.75. The minimum atomic E-state index is -0.622. The van der Waals surface area contributed by atoms with E-state index in [2.05, 4.69) is 85.5 Å². The molecule has 0 saturated heterocycles. The molecule has 242 valence electrons. The van der Waals surface area contributed by atoms with Crippen LogP contribution in [0.3, 0.4) is 0 Å². The highest BCUT2D eigenvalue weighted by Crippen LogP contribution is 2.52. The Labute approximate surface area is 310 Å². The topological polar surface area (TPSA) is 16.4 Å². The zero-order chi connectivity index (χ0) is 41.9. The highest BCUT2D eigenvalue weighted by atomic mass is 16.3. The molecule has 0 spiro atoms. The van der Waals surface area contributed by atoms with Gasteiger partial charge in [-0.05, 0) is 80.9 Å². The molecule has 0 fully saturated rings. The largest absolute Gasteiger partial charge is 0.455 e. The summed E-state index contributed by atoms with van der Waals surface area (Å²) in [5.41, 5.74) is 8.21. The molecule has 9 aromatic rings. The SMILES string of the molecule is [2H]c1c([2H])c([2H])c(-c2c([2H])c([2H])c(-c3cccc4oc5c6ccccc6c(N(c6ccccc6)c6ccc7c(c6)C(C)(C)c6ccccc6-7)cc5c34)c([2H])c2[2H])c([2H])c1[2H]. The Morgan fingerprint density at radius 2 is 1.18 bits per heavy atom. The van der Waals surface area contributed by atoms with E-state index in [1.165, 1.54) is 22.3 Å². The molecular weight excluding hydrogens is 619 g/mol. The first kappa shape index (κ1) is 21.7. The highest BCUT2D eigenvalue weighted by molar-refractivity contribution is 6.22. The summed E-state index contributed by atoms with van der Waals surface area (Å²) in [4.78, 5) is 2.24. The van der Waals surface area contributed by atoms with Crippen molar-refractivity contribution in [2.24, 2.45) is 0 Å². The molecular formula is C49H35NO. The molecule has 1 heterocycles. The quantitative estimate of drug-likeness (QED) is 0.182. The molecule has 0 amide bonds. The van der Waals surface area contributed by atoms with Gasteiger partial charge in [0.05, 0.1) is 18.0 Å². The van der Waals surface area contributed by atoms with Gasteiger partial charge in [0, 0.05) is 38.3 Å². The van der Waals surface area contributed by atoms with E-state index in [0.29, 0.717) is 27.5 Å². The van der Waals surface area contributed by atoms with Crippen molar-refractivity contribution < 1.29 is 16.8 Å². The summed E-state index contributed by atoms with van der Waals surface area (Å²) in [5.74, 6) is 0. The number of nitrogens with zero attached hydrogens (tertiary/aromatic N) is 1. The molecule has 1 aromatic heterocycles.